The Hall–Kier alpha value is -4.80. The lowest BCUT2D eigenvalue weighted by Crippen LogP contribution is -2.37. The van der Waals surface area contributed by atoms with Gasteiger partial charge in [0, 0.05) is 55.0 Å². The van der Waals surface area contributed by atoms with Gasteiger partial charge in [-0.25, -0.2) is 33.0 Å². The Labute approximate surface area is 317 Å². The van der Waals surface area contributed by atoms with Crippen LogP contribution in [0.2, 0.25) is 0 Å². The molecule has 1 aliphatic heterocycles. The van der Waals surface area contributed by atoms with Crippen LogP contribution in [0.15, 0.2) is 70.6 Å². The zero-order valence-corrected chi connectivity index (χ0v) is 30.8. The lowest BCUT2D eigenvalue weighted by atomic mass is 10.1. The molecule has 4 aromatic heterocycles. The van der Waals surface area contributed by atoms with E-state index in [4.69, 9.17) is 29.5 Å². The molecule has 0 amide bonds. The summed E-state index contributed by atoms with van der Waals surface area (Å²) < 4.78 is 98.7. The number of anilines is 1. The van der Waals surface area contributed by atoms with Crippen LogP contribution in [-0.4, -0.2) is 93.5 Å². The number of halogens is 6. The van der Waals surface area contributed by atoms with Crippen molar-refractivity contribution >= 4 is 61.2 Å². The molecule has 5 heterocycles. The fourth-order valence-electron chi connectivity index (χ4n) is 5.25. The second-order valence-electron chi connectivity index (χ2n) is 12.2. The summed E-state index contributed by atoms with van der Waals surface area (Å²) in [6, 6.07) is 13.6. The number of nitrogens with zero attached hydrogens (tertiary/aromatic N) is 5. The molecule has 7 rings (SSSR count). The van der Waals surface area contributed by atoms with Crippen molar-refractivity contribution in [2.45, 2.75) is 54.9 Å². The van der Waals surface area contributed by atoms with Crippen molar-refractivity contribution < 1.29 is 59.3 Å². The molecule has 22 heteroatoms. The van der Waals surface area contributed by atoms with Gasteiger partial charge in [0.15, 0.2) is 0 Å². The van der Waals surface area contributed by atoms with Gasteiger partial charge in [0.05, 0.1) is 16.9 Å². The molecule has 0 spiro atoms. The molecule has 296 valence electrons. The second kappa shape index (κ2) is 17.3. The minimum absolute atomic E-state index is 0.134. The molecule has 3 N–H and O–H groups in total. The Bertz CT molecular complexity index is 2130. The fraction of sp³-hybridized carbons (Fsp3) is 0.364. The molecule has 0 radical (unpaired) electrons. The third-order valence-electron chi connectivity index (χ3n) is 8.06. The van der Waals surface area contributed by atoms with E-state index in [0.29, 0.717) is 28.4 Å². The second-order valence-corrected chi connectivity index (χ2v) is 16.4. The van der Waals surface area contributed by atoms with Gasteiger partial charge in [-0.15, -0.1) is 22.7 Å². The summed E-state index contributed by atoms with van der Waals surface area (Å²) in [6.07, 6.45) is -0.690. The maximum atomic E-state index is 13.7. The lowest BCUT2D eigenvalue weighted by molar-refractivity contribution is -0.193. The van der Waals surface area contributed by atoms with E-state index in [0.717, 1.165) is 66.9 Å². The van der Waals surface area contributed by atoms with Gasteiger partial charge in [0.1, 0.15) is 15.3 Å². The first-order valence-electron chi connectivity index (χ1n) is 16.3. The first-order valence-corrected chi connectivity index (χ1v) is 19.4. The van der Waals surface area contributed by atoms with Gasteiger partial charge in [-0.1, -0.05) is 18.2 Å². The van der Waals surface area contributed by atoms with E-state index in [-0.39, 0.29) is 6.10 Å². The number of benzene rings is 1. The smallest absolute Gasteiger partial charge is 0.475 e. The Morgan fingerprint density at radius 3 is 2.13 bits per heavy atom. The number of rotatable bonds is 10. The van der Waals surface area contributed by atoms with Gasteiger partial charge in [0.25, 0.3) is 10.0 Å². The summed E-state index contributed by atoms with van der Waals surface area (Å²) in [4.78, 5) is 38.0. The van der Waals surface area contributed by atoms with E-state index in [9.17, 15) is 34.8 Å². The summed E-state index contributed by atoms with van der Waals surface area (Å²) in [5, 5.41) is 17.9. The van der Waals surface area contributed by atoms with Crippen LogP contribution in [0.4, 0.5) is 32.0 Å². The number of aromatic amines is 1. The van der Waals surface area contributed by atoms with Crippen LogP contribution in [-0.2, 0) is 26.2 Å². The van der Waals surface area contributed by atoms with Gasteiger partial charge in [-0.2, -0.15) is 26.3 Å². The van der Waals surface area contributed by atoms with Crippen molar-refractivity contribution in [1.82, 2.24) is 24.8 Å². The molecule has 1 saturated heterocycles. The molecule has 1 aromatic carbocycles. The molecule has 5 aromatic rings. The van der Waals surface area contributed by atoms with E-state index in [1.807, 2.05) is 29.8 Å². The van der Waals surface area contributed by atoms with E-state index in [2.05, 4.69) is 25.9 Å². The number of sulfonamides is 1. The molecule has 2 aliphatic rings. The standard InChI is InChI=1S/C29H30N6O3S3.2C2HF3O2/c36-41(37,26-6-2-15-39-26)35(18-20-7-8-20)25-5-1-4-21-16-24(33-27(21)25)28-32-17-23(40-28)19-34-13-9-22(10-14-34)38-29-30-11-3-12-31-29;2*3-2(4,5)1(6)7/h1-6,11-12,15-17,20,22,33H,7-10,13-14,18-19H2;2*(H,6,7). The number of H-pyrrole nitrogens is 1. The third kappa shape index (κ3) is 11.4. The van der Waals surface area contributed by atoms with Crippen molar-refractivity contribution in [3.05, 3.63) is 71.3 Å². The zero-order chi connectivity index (χ0) is 40.0. The first kappa shape index (κ1) is 41.4. The highest BCUT2D eigenvalue weighted by atomic mass is 32.2. The van der Waals surface area contributed by atoms with E-state index in [1.165, 1.54) is 16.2 Å². The van der Waals surface area contributed by atoms with Crippen molar-refractivity contribution in [3.8, 4) is 16.7 Å². The molecule has 1 aliphatic carbocycles. The molecule has 1 saturated carbocycles. The predicted molar refractivity (Wildman–Crippen MR) is 189 cm³/mol. The van der Waals surface area contributed by atoms with E-state index < -0.39 is 34.3 Å². The molecule has 0 unspecified atom stereocenters. The maximum Gasteiger partial charge on any atom is 0.490 e. The first-order chi connectivity index (χ1) is 25.9. The number of alkyl halides is 6. The number of carboxylic acids is 2. The summed E-state index contributed by atoms with van der Waals surface area (Å²) in [5.41, 5.74) is 2.42. The summed E-state index contributed by atoms with van der Waals surface area (Å²) in [5.74, 6) is -5.11. The number of likely N-dealkylation sites (tertiary alicyclic amines) is 1. The highest BCUT2D eigenvalue weighted by molar-refractivity contribution is 7.94. The van der Waals surface area contributed by atoms with Crippen LogP contribution in [0.25, 0.3) is 21.6 Å². The zero-order valence-electron chi connectivity index (χ0n) is 28.3. The van der Waals surface area contributed by atoms with Crippen LogP contribution >= 0.6 is 22.7 Å². The van der Waals surface area contributed by atoms with Crippen LogP contribution in [0.3, 0.4) is 0 Å². The minimum atomic E-state index is -5.08. The molecule has 0 atom stereocenters. The predicted octanol–water partition coefficient (Wildman–Crippen LogP) is 7.06. The number of carboxylic acid groups (broad SMARTS) is 2. The SMILES string of the molecule is O=C(O)C(F)(F)F.O=C(O)C(F)(F)F.O=S(=O)(c1cccs1)N(CC1CC1)c1cccc2cc(-c3ncc(CN4CCC(Oc5ncccn5)CC4)s3)[nH]c12. The number of fused-ring (bicyclic) bond motifs is 1. The number of hydrogen-bond acceptors (Lipinski definition) is 11. The average molecular weight is 835 g/mol. The fourth-order valence-corrected chi connectivity index (χ4v) is 8.83. The third-order valence-corrected chi connectivity index (χ3v) is 12.2. The normalized spacial score (nSPS) is 15.4. The molecule has 0 bridgehead atoms. The number of ether oxygens (including phenoxy) is 1. The van der Waals surface area contributed by atoms with Gasteiger partial charge in [0.2, 0.25) is 0 Å². The Morgan fingerprint density at radius 1 is 0.927 bits per heavy atom. The number of hydrogen-bond donors (Lipinski definition) is 3. The summed E-state index contributed by atoms with van der Waals surface area (Å²) >= 11 is 2.93. The number of nitrogens with one attached hydrogen (secondary N) is 1. The monoisotopic (exact) mass is 834 g/mol. The van der Waals surface area contributed by atoms with Gasteiger partial charge >= 0.3 is 30.3 Å². The van der Waals surface area contributed by atoms with Gasteiger partial charge < -0.3 is 19.9 Å². The lowest BCUT2D eigenvalue weighted by Gasteiger charge is -2.31. The summed E-state index contributed by atoms with van der Waals surface area (Å²) in [7, 11) is -3.65. The van der Waals surface area contributed by atoms with Crippen molar-refractivity contribution in [1.29, 1.82) is 0 Å². The highest BCUT2D eigenvalue weighted by Crippen LogP contribution is 2.39. The average Bonchev–Trinajstić information content (AvgIpc) is 3.48. The van der Waals surface area contributed by atoms with Crippen LogP contribution in [0.1, 0.15) is 30.6 Å². The van der Waals surface area contributed by atoms with E-state index >= 15 is 0 Å². The Balaban J connectivity index is 0.000000355. The topological polar surface area (TPSA) is 179 Å². The Kier molecular flexibility index (Phi) is 13.0. The molecular weight excluding hydrogens is 803 g/mol. The van der Waals surface area contributed by atoms with Crippen molar-refractivity contribution in [2.24, 2.45) is 5.92 Å². The van der Waals surface area contributed by atoms with Crippen molar-refractivity contribution in [2.75, 3.05) is 23.9 Å². The number of aromatic nitrogens is 4. The maximum absolute atomic E-state index is 13.7. The Morgan fingerprint density at radius 2 is 1.56 bits per heavy atom. The number of para-hydroxylation sites is 1. The number of thiazole rings is 1. The quantitative estimate of drug-likeness (QED) is 0.123. The number of aliphatic carboxylic acids is 2. The molecule has 13 nitrogen and oxygen atoms in total. The number of thiophene rings is 1. The molecular formula is C33H32F6N6O7S3. The van der Waals surface area contributed by atoms with Crippen LogP contribution in [0.5, 0.6) is 6.01 Å². The number of piperidine rings is 1. The molecule has 55 heavy (non-hydrogen) atoms. The van der Waals surface area contributed by atoms with E-state index in [1.54, 1.807) is 46.2 Å². The number of carbonyl (C=O) groups is 2. The molecule has 2 fully saturated rings. The van der Waals surface area contributed by atoms with Gasteiger partial charge in [-0.05, 0) is 61.2 Å². The van der Waals surface area contributed by atoms with Crippen molar-refractivity contribution in [3.63, 3.8) is 0 Å². The largest absolute Gasteiger partial charge is 0.490 e. The van der Waals surface area contributed by atoms with Crippen LogP contribution < -0.4 is 9.04 Å². The minimum Gasteiger partial charge on any atom is -0.475 e. The highest BCUT2D eigenvalue weighted by Gasteiger charge is 2.39. The summed E-state index contributed by atoms with van der Waals surface area (Å²) in [6.45, 7) is 3.22. The van der Waals surface area contributed by atoms with Gasteiger partial charge in [-0.3, -0.25) is 9.21 Å². The van der Waals surface area contributed by atoms with Crippen LogP contribution in [0, 0.1) is 5.92 Å².